The average molecular weight is 457 g/mol. The van der Waals surface area contributed by atoms with E-state index in [1.54, 1.807) is 35.4 Å². The molecule has 1 fully saturated rings. The number of carbonyl (C=O) groups excluding carboxylic acids is 2. The lowest BCUT2D eigenvalue weighted by molar-refractivity contribution is 0.00265. The minimum atomic E-state index is -0.665. The molecular formula is C23H25ClN4O4. The highest BCUT2D eigenvalue weighted by molar-refractivity contribution is 6.33. The molecule has 1 aromatic carbocycles. The van der Waals surface area contributed by atoms with E-state index in [-0.39, 0.29) is 18.7 Å². The summed E-state index contributed by atoms with van der Waals surface area (Å²) in [6, 6.07) is 8.15. The molecule has 0 unspecified atom stereocenters. The van der Waals surface area contributed by atoms with E-state index in [1.165, 1.54) is 6.33 Å². The fourth-order valence-corrected chi connectivity index (χ4v) is 4.14. The molecule has 9 heteroatoms. The molecule has 4 rings (SSSR count). The zero-order chi connectivity index (χ0) is 22.9. The van der Waals surface area contributed by atoms with E-state index in [4.69, 9.17) is 21.1 Å². The van der Waals surface area contributed by atoms with Crippen LogP contribution < -0.4 is 0 Å². The third-order valence-corrected chi connectivity index (χ3v) is 5.62. The van der Waals surface area contributed by atoms with Crippen LogP contribution in [0.15, 0.2) is 42.9 Å². The van der Waals surface area contributed by atoms with Gasteiger partial charge >= 0.3 is 12.1 Å². The second-order valence-corrected chi connectivity index (χ2v) is 9.09. The minimum Gasteiger partial charge on any atom is -0.460 e. The van der Waals surface area contributed by atoms with Crippen LogP contribution in [0.4, 0.5) is 4.79 Å². The number of fused-ring (bicyclic) bond motifs is 1. The molecule has 2 aromatic heterocycles. The van der Waals surface area contributed by atoms with Crippen LogP contribution >= 0.6 is 11.6 Å². The number of aromatic nitrogens is 3. The molecule has 1 aliphatic rings. The fraction of sp³-hybridized carbons (Fsp3) is 0.391. The molecular weight excluding hydrogens is 432 g/mol. The van der Waals surface area contributed by atoms with Gasteiger partial charge in [0.15, 0.2) is 5.15 Å². The Bertz CT molecular complexity index is 1130. The molecule has 32 heavy (non-hydrogen) atoms. The Morgan fingerprint density at radius 1 is 1.19 bits per heavy atom. The Balaban J connectivity index is 1.60. The van der Waals surface area contributed by atoms with E-state index in [1.807, 2.05) is 26.8 Å². The standard InChI is InChI=1S/C23H25ClN4O4/c1-23(2,3)32-22(30)28-15(12-31-21(29)14-7-5-4-6-8-14)9-10-17(28)16-11-25-19-18(16)26-13-27-20(19)24/h4-8,11,13,15,17,25H,9-10,12H2,1-3H3/t15-,17+/m0/s1. The molecule has 168 valence electrons. The maximum atomic E-state index is 13.2. The van der Waals surface area contributed by atoms with Crippen LogP contribution in [0.2, 0.25) is 5.15 Å². The Hall–Kier alpha value is -3.13. The lowest BCUT2D eigenvalue weighted by Crippen LogP contribution is -2.43. The Labute approximate surface area is 190 Å². The predicted molar refractivity (Wildman–Crippen MR) is 119 cm³/mol. The summed E-state index contributed by atoms with van der Waals surface area (Å²) >= 11 is 6.19. The van der Waals surface area contributed by atoms with Crippen molar-refractivity contribution in [3.8, 4) is 0 Å². The monoisotopic (exact) mass is 456 g/mol. The smallest absolute Gasteiger partial charge is 0.411 e. The first-order valence-corrected chi connectivity index (χ1v) is 10.8. The number of nitrogens with one attached hydrogen (secondary N) is 1. The number of halogens is 1. The normalized spacial score (nSPS) is 18.7. The van der Waals surface area contributed by atoms with Crippen molar-refractivity contribution in [3.05, 3.63) is 59.1 Å². The summed E-state index contributed by atoms with van der Waals surface area (Å²) < 4.78 is 11.2. The molecule has 1 amide bonds. The summed E-state index contributed by atoms with van der Waals surface area (Å²) in [4.78, 5) is 38.8. The van der Waals surface area contributed by atoms with Crippen LogP contribution in [-0.4, -0.2) is 50.2 Å². The van der Waals surface area contributed by atoms with E-state index in [0.29, 0.717) is 34.6 Å². The number of H-pyrrole nitrogens is 1. The van der Waals surface area contributed by atoms with E-state index in [0.717, 1.165) is 5.56 Å². The van der Waals surface area contributed by atoms with Crippen LogP contribution in [0.1, 0.15) is 55.6 Å². The van der Waals surface area contributed by atoms with Gasteiger partial charge in [-0.05, 0) is 45.7 Å². The highest BCUT2D eigenvalue weighted by Crippen LogP contribution is 2.40. The van der Waals surface area contributed by atoms with Crippen molar-refractivity contribution in [1.82, 2.24) is 19.9 Å². The van der Waals surface area contributed by atoms with Crippen molar-refractivity contribution < 1.29 is 19.1 Å². The Morgan fingerprint density at radius 2 is 1.94 bits per heavy atom. The zero-order valence-electron chi connectivity index (χ0n) is 18.2. The van der Waals surface area contributed by atoms with Gasteiger partial charge < -0.3 is 14.5 Å². The maximum absolute atomic E-state index is 13.2. The first-order valence-electron chi connectivity index (χ1n) is 10.5. The van der Waals surface area contributed by atoms with Crippen LogP contribution in [0.5, 0.6) is 0 Å². The van der Waals surface area contributed by atoms with Gasteiger partial charge in [0, 0.05) is 11.8 Å². The largest absolute Gasteiger partial charge is 0.460 e. The maximum Gasteiger partial charge on any atom is 0.411 e. The summed E-state index contributed by atoms with van der Waals surface area (Å²) in [6.07, 6.45) is 4.05. The van der Waals surface area contributed by atoms with Gasteiger partial charge in [0.2, 0.25) is 0 Å². The van der Waals surface area contributed by atoms with Gasteiger partial charge in [-0.15, -0.1) is 0 Å². The van der Waals surface area contributed by atoms with Crippen LogP contribution in [0.25, 0.3) is 11.0 Å². The van der Waals surface area contributed by atoms with Gasteiger partial charge in [0.05, 0.1) is 23.2 Å². The first kappa shape index (κ1) is 22.1. The number of carbonyl (C=O) groups is 2. The van der Waals surface area contributed by atoms with E-state index < -0.39 is 17.7 Å². The van der Waals surface area contributed by atoms with Crippen molar-refractivity contribution in [2.75, 3.05) is 6.61 Å². The number of rotatable bonds is 4. The van der Waals surface area contributed by atoms with Gasteiger partial charge in [0.1, 0.15) is 24.1 Å². The Morgan fingerprint density at radius 3 is 2.66 bits per heavy atom. The molecule has 8 nitrogen and oxygen atoms in total. The van der Waals surface area contributed by atoms with Gasteiger partial charge in [0.25, 0.3) is 0 Å². The molecule has 0 saturated carbocycles. The molecule has 3 heterocycles. The highest BCUT2D eigenvalue weighted by Gasteiger charge is 2.42. The minimum absolute atomic E-state index is 0.0710. The molecule has 3 aromatic rings. The fourth-order valence-electron chi connectivity index (χ4n) is 3.96. The molecule has 2 atom stereocenters. The number of hydrogen-bond donors (Lipinski definition) is 1. The summed E-state index contributed by atoms with van der Waals surface area (Å²) in [5, 5.41) is 0.316. The summed E-state index contributed by atoms with van der Waals surface area (Å²) in [5.41, 5.74) is 1.90. The van der Waals surface area contributed by atoms with E-state index in [2.05, 4.69) is 15.0 Å². The second kappa shape index (κ2) is 8.78. The van der Waals surface area contributed by atoms with Crippen LogP contribution in [0, 0.1) is 0 Å². The first-order chi connectivity index (χ1) is 15.2. The average Bonchev–Trinajstić information content (AvgIpc) is 3.36. The summed E-state index contributed by atoms with van der Waals surface area (Å²) in [7, 11) is 0. The number of ether oxygens (including phenoxy) is 2. The van der Waals surface area contributed by atoms with Crippen molar-refractivity contribution in [2.45, 2.75) is 51.3 Å². The molecule has 0 spiro atoms. The summed E-state index contributed by atoms with van der Waals surface area (Å²) in [6.45, 7) is 5.53. The predicted octanol–water partition coefficient (Wildman–Crippen LogP) is 4.91. The quantitative estimate of drug-likeness (QED) is 0.442. The number of esters is 1. The van der Waals surface area contributed by atoms with Crippen molar-refractivity contribution in [3.63, 3.8) is 0 Å². The molecule has 1 aliphatic heterocycles. The number of hydrogen-bond acceptors (Lipinski definition) is 6. The topological polar surface area (TPSA) is 97.4 Å². The van der Waals surface area contributed by atoms with E-state index in [9.17, 15) is 9.59 Å². The van der Waals surface area contributed by atoms with Gasteiger partial charge in [-0.2, -0.15) is 0 Å². The molecule has 1 N–H and O–H groups in total. The lowest BCUT2D eigenvalue weighted by atomic mass is 10.1. The number of nitrogens with zero attached hydrogens (tertiary/aromatic N) is 3. The molecule has 1 saturated heterocycles. The highest BCUT2D eigenvalue weighted by atomic mass is 35.5. The van der Waals surface area contributed by atoms with E-state index >= 15 is 0 Å². The number of likely N-dealkylation sites (tertiary alicyclic amines) is 1. The van der Waals surface area contributed by atoms with Gasteiger partial charge in [-0.25, -0.2) is 19.6 Å². The van der Waals surface area contributed by atoms with Crippen LogP contribution in [0.3, 0.4) is 0 Å². The second-order valence-electron chi connectivity index (χ2n) is 8.73. The molecule has 0 bridgehead atoms. The lowest BCUT2D eigenvalue weighted by Gasteiger charge is -2.32. The number of benzene rings is 1. The SMILES string of the molecule is CC(C)(C)OC(=O)N1[C@H](COC(=O)c2ccccc2)CC[C@@H]1c1c[nH]c2c(Cl)ncnc12. The van der Waals surface area contributed by atoms with Crippen LogP contribution in [-0.2, 0) is 9.47 Å². The molecule has 0 radical (unpaired) electrons. The molecule has 0 aliphatic carbocycles. The van der Waals surface area contributed by atoms with Crippen molar-refractivity contribution >= 4 is 34.7 Å². The Kier molecular flexibility index (Phi) is 6.06. The number of amides is 1. The zero-order valence-corrected chi connectivity index (χ0v) is 18.9. The number of aromatic amines is 1. The third-order valence-electron chi connectivity index (χ3n) is 5.33. The summed E-state index contributed by atoms with van der Waals surface area (Å²) in [5.74, 6) is -0.426. The van der Waals surface area contributed by atoms with Gasteiger partial charge in [-0.1, -0.05) is 29.8 Å². The van der Waals surface area contributed by atoms with Gasteiger partial charge in [-0.3, -0.25) is 4.90 Å². The third kappa shape index (κ3) is 4.55. The van der Waals surface area contributed by atoms with Crippen molar-refractivity contribution in [1.29, 1.82) is 0 Å². The van der Waals surface area contributed by atoms with Crippen molar-refractivity contribution in [2.24, 2.45) is 0 Å².